The van der Waals surface area contributed by atoms with Crippen LogP contribution in [0.4, 0.5) is 0 Å². The van der Waals surface area contributed by atoms with Crippen LogP contribution < -0.4 is 5.32 Å². The van der Waals surface area contributed by atoms with Gasteiger partial charge in [-0.2, -0.15) is 0 Å². The first-order chi connectivity index (χ1) is 4.13. The van der Waals surface area contributed by atoms with E-state index in [1.54, 1.807) is 0 Å². The van der Waals surface area contributed by atoms with E-state index in [-0.39, 0.29) is 12.4 Å². The van der Waals surface area contributed by atoms with Crippen molar-refractivity contribution in [1.82, 2.24) is 5.32 Å². The lowest BCUT2D eigenvalue weighted by molar-refractivity contribution is -0.0115. The Morgan fingerprint density at radius 2 is 2.20 bits per heavy atom. The van der Waals surface area contributed by atoms with Crippen LogP contribution in [0.1, 0.15) is 20.3 Å². The second-order valence-electron chi connectivity index (χ2n) is 3.22. The topological polar surface area (TPSA) is 32.3 Å². The number of piperidine rings is 1. The van der Waals surface area contributed by atoms with Crippen molar-refractivity contribution in [2.75, 3.05) is 13.1 Å². The molecule has 1 heterocycles. The molecule has 0 aromatic carbocycles. The summed E-state index contributed by atoms with van der Waals surface area (Å²) < 4.78 is 0. The van der Waals surface area contributed by atoms with Gasteiger partial charge in [0, 0.05) is 6.54 Å². The van der Waals surface area contributed by atoms with Crippen molar-refractivity contribution in [1.29, 1.82) is 0 Å². The van der Waals surface area contributed by atoms with Gasteiger partial charge in [0.1, 0.15) is 0 Å². The van der Waals surface area contributed by atoms with Crippen LogP contribution in [0.2, 0.25) is 0 Å². The molecule has 0 aliphatic carbocycles. The summed E-state index contributed by atoms with van der Waals surface area (Å²) >= 11 is 0. The molecule has 0 saturated carbocycles. The predicted molar refractivity (Wildman–Crippen MR) is 44.5 cm³/mol. The molecule has 1 saturated heterocycles. The van der Waals surface area contributed by atoms with Crippen LogP contribution in [0.3, 0.4) is 0 Å². The molecule has 3 heteroatoms. The smallest absolute Gasteiger partial charge is 0.0769 e. The number of hydrogen-bond donors (Lipinski definition) is 2. The second kappa shape index (κ2) is 3.56. The molecule has 0 radical (unpaired) electrons. The minimum absolute atomic E-state index is 0. The van der Waals surface area contributed by atoms with E-state index in [0.29, 0.717) is 5.92 Å². The molecular formula is C7H16ClNO. The first-order valence-electron chi connectivity index (χ1n) is 3.56. The third kappa shape index (κ3) is 2.11. The highest BCUT2D eigenvalue weighted by Gasteiger charge is 2.30. The fourth-order valence-corrected chi connectivity index (χ4v) is 1.15. The summed E-state index contributed by atoms with van der Waals surface area (Å²) in [6, 6.07) is 0. The maximum atomic E-state index is 9.58. The third-order valence-electron chi connectivity index (χ3n) is 2.30. The Hall–Kier alpha value is 0.210. The lowest BCUT2D eigenvalue weighted by Crippen LogP contribution is -2.48. The molecule has 0 bridgehead atoms. The molecule has 0 aromatic heterocycles. The second-order valence-corrected chi connectivity index (χ2v) is 3.22. The Labute approximate surface area is 68.4 Å². The van der Waals surface area contributed by atoms with E-state index in [9.17, 15) is 5.11 Å². The van der Waals surface area contributed by atoms with Crippen molar-refractivity contribution >= 4 is 12.4 Å². The summed E-state index contributed by atoms with van der Waals surface area (Å²) in [4.78, 5) is 0. The number of aliphatic hydroxyl groups is 1. The van der Waals surface area contributed by atoms with E-state index in [4.69, 9.17) is 0 Å². The van der Waals surface area contributed by atoms with Crippen molar-refractivity contribution in [3.05, 3.63) is 0 Å². The van der Waals surface area contributed by atoms with Gasteiger partial charge >= 0.3 is 0 Å². The lowest BCUT2D eigenvalue weighted by Gasteiger charge is -2.35. The number of halogens is 1. The normalized spacial score (nSPS) is 40.5. The highest BCUT2D eigenvalue weighted by atomic mass is 35.5. The van der Waals surface area contributed by atoms with Crippen LogP contribution in [-0.4, -0.2) is 23.8 Å². The summed E-state index contributed by atoms with van der Waals surface area (Å²) in [6.07, 6.45) is 1.09. The van der Waals surface area contributed by atoms with E-state index >= 15 is 0 Å². The van der Waals surface area contributed by atoms with Crippen LogP contribution in [0.5, 0.6) is 0 Å². The first-order valence-corrected chi connectivity index (χ1v) is 3.56. The van der Waals surface area contributed by atoms with E-state index in [2.05, 4.69) is 12.2 Å². The summed E-state index contributed by atoms with van der Waals surface area (Å²) in [5.74, 6) is 0.443. The van der Waals surface area contributed by atoms with Crippen LogP contribution in [0.25, 0.3) is 0 Å². The summed E-state index contributed by atoms with van der Waals surface area (Å²) in [5, 5.41) is 12.7. The summed E-state index contributed by atoms with van der Waals surface area (Å²) in [7, 11) is 0. The van der Waals surface area contributed by atoms with Gasteiger partial charge in [0.25, 0.3) is 0 Å². The van der Waals surface area contributed by atoms with Crippen LogP contribution in [0, 0.1) is 5.92 Å². The molecule has 1 aliphatic heterocycles. The number of hydrogen-bond acceptors (Lipinski definition) is 2. The van der Waals surface area contributed by atoms with E-state index in [1.165, 1.54) is 0 Å². The minimum Gasteiger partial charge on any atom is -0.389 e. The predicted octanol–water partition coefficient (Wildman–Crippen LogP) is 0.789. The van der Waals surface area contributed by atoms with Crippen molar-refractivity contribution in [3.8, 4) is 0 Å². The van der Waals surface area contributed by atoms with Gasteiger partial charge in [0.05, 0.1) is 5.60 Å². The molecule has 1 fully saturated rings. The van der Waals surface area contributed by atoms with Crippen LogP contribution >= 0.6 is 12.4 Å². The quantitative estimate of drug-likeness (QED) is 0.557. The van der Waals surface area contributed by atoms with Crippen molar-refractivity contribution < 1.29 is 5.11 Å². The molecule has 0 amide bonds. The SMILES string of the molecule is CC1CCNCC1(C)O.Cl. The maximum absolute atomic E-state index is 9.58. The van der Waals surface area contributed by atoms with Crippen LogP contribution in [0.15, 0.2) is 0 Å². The number of nitrogens with one attached hydrogen (secondary N) is 1. The zero-order valence-corrected chi connectivity index (χ0v) is 7.37. The van der Waals surface area contributed by atoms with E-state index < -0.39 is 5.60 Å². The molecule has 2 atom stereocenters. The van der Waals surface area contributed by atoms with E-state index in [1.807, 2.05) is 6.92 Å². The average Bonchev–Trinajstić information content (AvgIpc) is 1.77. The number of rotatable bonds is 0. The standard InChI is InChI=1S/C7H15NO.ClH/c1-6-3-4-8-5-7(6,2)9;/h6,8-9H,3-5H2,1-2H3;1H. The Morgan fingerprint density at radius 1 is 1.60 bits per heavy atom. The third-order valence-corrected chi connectivity index (χ3v) is 2.30. The largest absolute Gasteiger partial charge is 0.389 e. The molecule has 2 N–H and O–H groups in total. The fraction of sp³-hybridized carbons (Fsp3) is 1.00. The van der Waals surface area contributed by atoms with E-state index in [0.717, 1.165) is 19.5 Å². The average molecular weight is 166 g/mol. The van der Waals surface area contributed by atoms with Gasteiger partial charge in [0.2, 0.25) is 0 Å². The van der Waals surface area contributed by atoms with Crippen molar-refractivity contribution in [2.24, 2.45) is 5.92 Å². The van der Waals surface area contributed by atoms with Gasteiger partial charge in [-0.05, 0) is 25.8 Å². The van der Waals surface area contributed by atoms with Crippen LogP contribution in [-0.2, 0) is 0 Å². The molecule has 62 valence electrons. The highest BCUT2D eigenvalue weighted by molar-refractivity contribution is 5.85. The Balaban J connectivity index is 0.000000810. The molecule has 2 nitrogen and oxygen atoms in total. The molecule has 10 heavy (non-hydrogen) atoms. The fourth-order valence-electron chi connectivity index (χ4n) is 1.15. The molecule has 1 aliphatic rings. The lowest BCUT2D eigenvalue weighted by atomic mass is 9.85. The number of β-amino-alcohol motifs (C(OH)–C–C–N with tert-alkyl or cyclic N) is 1. The van der Waals surface area contributed by atoms with Crippen molar-refractivity contribution in [3.63, 3.8) is 0 Å². The van der Waals surface area contributed by atoms with Gasteiger partial charge < -0.3 is 10.4 Å². The maximum Gasteiger partial charge on any atom is 0.0769 e. The molecular weight excluding hydrogens is 150 g/mol. The monoisotopic (exact) mass is 165 g/mol. The molecule has 0 aromatic rings. The summed E-state index contributed by atoms with van der Waals surface area (Å²) in [6.45, 7) is 5.79. The van der Waals surface area contributed by atoms with Gasteiger partial charge in [-0.15, -0.1) is 12.4 Å². The van der Waals surface area contributed by atoms with Gasteiger partial charge in [-0.25, -0.2) is 0 Å². The molecule has 2 unspecified atom stereocenters. The Kier molecular flexibility index (Phi) is 3.63. The minimum atomic E-state index is -0.474. The van der Waals surface area contributed by atoms with Gasteiger partial charge in [-0.1, -0.05) is 6.92 Å². The van der Waals surface area contributed by atoms with Gasteiger partial charge in [0.15, 0.2) is 0 Å². The Bertz CT molecular complexity index is 106. The molecule has 0 spiro atoms. The zero-order chi connectivity index (χ0) is 6.91. The van der Waals surface area contributed by atoms with Gasteiger partial charge in [-0.3, -0.25) is 0 Å². The highest BCUT2D eigenvalue weighted by Crippen LogP contribution is 2.21. The first kappa shape index (κ1) is 10.2. The van der Waals surface area contributed by atoms with Crippen molar-refractivity contribution in [2.45, 2.75) is 25.9 Å². The summed E-state index contributed by atoms with van der Waals surface area (Å²) in [5.41, 5.74) is -0.474. The Morgan fingerprint density at radius 3 is 2.50 bits per heavy atom. The zero-order valence-electron chi connectivity index (χ0n) is 6.55. The molecule has 1 rings (SSSR count).